The Morgan fingerprint density at radius 3 is 2.06 bits per heavy atom. The third kappa shape index (κ3) is 5.63. The van der Waals surface area contributed by atoms with Crippen LogP contribution in [0.15, 0.2) is 24.3 Å². The molecule has 0 aliphatic heterocycles. The van der Waals surface area contributed by atoms with Crippen LogP contribution in [-0.2, 0) is 0 Å². The predicted octanol–water partition coefficient (Wildman–Crippen LogP) is 4.20. The molecule has 1 N–H and O–H groups in total. The Hall–Kier alpha value is -0.890. The molecule has 0 aliphatic carbocycles. The van der Waals surface area contributed by atoms with Gasteiger partial charge in [0.2, 0.25) is 0 Å². The lowest BCUT2D eigenvalue weighted by atomic mass is 9.90. The summed E-state index contributed by atoms with van der Waals surface area (Å²) < 4.78 is 13.0. The van der Waals surface area contributed by atoms with Crippen molar-refractivity contribution >= 4 is 0 Å². The van der Waals surface area contributed by atoms with Crippen molar-refractivity contribution in [3.63, 3.8) is 0 Å². The van der Waals surface area contributed by atoms with Gasteiger partial charge in [-0.05, 0) is 48.4 Å². The van der Waals surface area contributed by atoms with Crippen LogP contribution in [0.5, 0.6) is 0 Å². The molecule has 0 saturated heterocycles. The Labute approximate surface area is 111 Å². The summed E-state index contributed by atoms with van der Waals surface area (Å²) in [5.41, 5.74) is 1.24. The minimum absolute atomic E-state index is 0.155. The SMILES string of the molecule is CC(C)CNCC(CC(C)C)c1ccc(F)cc1. The van der Waals surface area contributed by atoms with Crippen molar-refractivity contribution in [2.24, 2.45) is 11.8 Å². The molecule has 1 unspecified atom stereocenters. The molecule has 0 radical (unpaired) electrons. The van der Waals surface area contributed by atoms with E-state index in [1.807, 2.05) is 12.1 Å². The van der Waals surface area contributed by atoms with Gasteiger partial charge in [0, 0.05) is 6.54 Å². The highest BCUT2D eigenvalue weighted by molar-refractivity contribution is 5.20. The molecule has 1 aromatic rings. The summed E-state index contributed by atoms with van der Waals surface area (Å²) in [6, 6.07) is 6.95. The number of rotatable bonds is 7. The van der Waals surface area contributed by atoms with Gasteiger partial charge in [-0.15, -0.1) is 0 Å². The van der Waals surface area contributed by atoms with Gasteiger partial charge in [0.15, 0.2) is 0 Å². The average Bonchev–Trinajstić information content (AvgIpc) is 2.28. The third-order valence-corrected chi connectivity index (χ3v) is 3.04. The Kier molecular flexibility index (Phi) is 6.34. The molecule has 1 atom stereocenters. The van der Waals surface area contributed by atoms with E-state index in [0.29, 0.717) is 17.8 Å². The van der Waals surface area contributed by atoms with Crippen LogP contribution >= 0.6 is 0 Å². The van der Waals surface area contributed by atoms with E-state index >= 15 is 0 Å². The van der Waals surface area contributed by atoms with Gasteiger partial charge < -0.3 is 5.32 Å². The second-order valence-corrected chi connectivity index (χ2v) is 5.93. The highest BCUT2D eigenvalue weighted by Crippen LogP contribution is 2.23. The highest BCUT2D eigenvalue weighted by atomic mass is 19.1. The first-order chi connectivity index (χ1) is 8.49. The van der Waals surface area contributed by atoms with E-state index in [9.17, 15) is 4.39 Å². The molecule has 0 heterocycles. The minimum atomic E-state index is -0.155. The second kappa shape index (κ2) is 7.52. The fraction of sp³-hybridized carbons (Fsp3) is 0.625. The summed E-state index contributed by atoms with van der Waals surface area (Å²) in [6.45, 7) is 10.9. The molecule has 18 heavy (non-hydrogen) atoms. The molecule has 0 bridgehead atoms. The molecule has 0 fully saturated rings. The highest BCUT2D eigenvalue weighted by Gasteiger charge is 2.13. The molecule has 1 rings (SSSR count). The van der Waals surface area contributed by atoms with Crippen LogP contribution in [0.25, 0.3) is 0 Å². The Balaban J connectivity index is 2.62. The van der Waals surface area contributed by atoms with E-state index in [0.717, 1.165) is 19.5 Å². The number of nitrogens with one attached hydrogen (secondary N) is 1. The molecule has 2 heteroatoms. The quantitative estimate of drug-likeness (QED) is 0.765. The summed E-state index contributed by atoms with van der Waals surface area (Å²) in [7, 11) is 0. The van der Waals surface area contributed by atoms with Crippen molar-refractivity contribution in [1.82, 2.24) is 5.32 Å². The van der Waals surface area contributed by atoms with Gasteiger partial charge >= 0.3 is 0 Å². The van der Waals surface area contributed by atoms with Crippen molar-refractivity contribution in [2.45, 2.75) is 40.0 Å². The van der Waals surface area contributed by atoms with Gasteiger partial charge in [0.25, 0.3) is 0 Å². The molecule has 0 amide bonds. The van der Waals surface area contributed by atoms with Gasteiger partial charge in [-0.3, -0.25) is 0 Å². The monoisotopic (exact) mass is 251 g/mol. The summed E-state index contributed by atoms with van der Waals surface area (Å²) >= 11 is 0. The van der Waals surface area contributed by atoms with Crippen molar-refractivity contribution in [3.05, 3.63) is 35.6 Å². The second-order valence-electron chi connectivity index (χ2n) is 5.93. The van der Waals surface area contributed by atoms with Crippen molar-refractivity contribution in [1.29, 1.82) is 0 Å². The maximum Gasteiger partial charge on any atom is 0.123 e. The molecule has 0 spiro atoms. The first-order valence-corrected chi connectivity index (χ1v) is 6.95. The lowest BCUT2D eigenvalue weighted by Gasteiger charge is -2.21. The predicted molar refractivity (Wildman–Crippen MR) is 76.3 cm³/mol. The zero-order chi connectivity index (χ0) is 13.5. The summed E-state index contributed by atoms with van der Waals surface area (Å²) in [4.78, 5) is 0. The van der Waals surface area contributed by atoms with Crippen LogP contribution in [0.3, 0.4) is 0 Å². The van der Waals surface area contributed by atoms with Crippen molar-refractivity contribution < 1.29 is 4.39 Å². The fourth-order valence-corrected chi connectivity index (χ4v) is 2.19. The van der Waals surface area contributed by atoms with Crippen LogP contribution in [0.2, 0.25) is 0 Å². The van der Waals surface area contributed by atoms with Gasteiger partial charge in [0.05, 0.1) is 0 Å². The van der Waals surface area contributed by atoms with E-state index in [1.54, 1.807) is 12.1 Å². The van der Waals surface area contributed by atoms with Gasteiger partial charge in [-0.2, -0.15) is 0 Å². The van der Waals surface area contributed by atoms with E-state index in [1.165, 1.54) is 5.56 Å². The smallest absolute Gasteiger partial charge is 0.123 e. The zero-order valence-corrected chi connectivity index (χ0v) is 12.0. The number of hydrogen-bond donors (Lipinski definition) is 1. The number of benzene rings is 1. The fourth-order valence-electron chi connectivity index (χ4n) is 2.19. The average molecular weight is 251 g/mol. The Bertz CT molecular complexity index is 329. The maximum atomic E-state index is 13.0. The number of halogens is 1. The topological polar surface area (TPSA) is 12.0 Å². The number of hydrogen-bond acceptors (Lipinski definition) is 1. The van der Waals surface area contributed by atoms with Crippen molar-refractivity contribution in [3.8, 4) is 0 Å². The molecular formula is C16H26FN. The largest absolute Gasteiger partial charge is 0.316 e. The van der Waals surface area contributed by atoms with Gasteiger partial charge in [-0.25, -0.2) is 4.39 Å². The minimum Gasteiger partial charge on any atom is -0.316 e. The Morgan fingerprint density at radius 1 is 0.944 bits per heavy atom. The van der Waals surface area contributed by atoms with E-state index in [4.69, 9.17) is 0 Å². The van der Waals surface area contributed by atoms with E-state index < -0.39 is 0 Å². The lowest BCUT2D eigenvalue weighted by molar-refractivity contribution is 0.452. The van der Waals surface area contributed by atoms with Gasteiger partial charge in [0.1, 0.15) is 5.82 Å². The molecule has 102 valence electrons. The summed E-state index contributed by atoms with van der Waals surface area (Å²) in [5.74, 6) is 1.64. The zero-order valence-electron chi connectivity index (χ0n) is 12.0. The van der Waals surface area contributed by atoms with E-state index in [2.05, 4.69) is 33.0 Å². The molecule has 1 nitrogen and oxygen atoms in total. The van der Waals surface area contributed by atoms with Crippen LogP contribution in [0.1, 0.15) is 45.6 Å². The molecule has 1 aromatic carbocycles. The normalized spacial score (nSPS) is 13.3. The lowest BCUT2D eigenvalue weighted by Crippen LogP contribution is -2.26. The summed E-state index contributed by atoms with van der Waals surface area (Å²) in [6.07, 6.45) is 1.14. The Morgan fingerprint density at radius 2 is 1.56 bits per heavy atom. The van der Waals surface area contributed by atoms with Crippen LogP contribution < -0.4 is 5.32 Å². The van der Waals surface area contributed by atoms with Crippen LogP contribution in [-0.4, -0.2) is 13.1 Å². The van der Waals surface area contributed by atoms with Gasteiger partial charge in [-0.1, -0.05) is 39.8 Å². The van der Waals surface area contributed by atoms with Crippen LogP contribution in [0.4, 0.5) is 4.39 Å². The first kappa shape index (κ1) is 15.2. The molecule has 0 aliphatic rings. The first-order valence-electron chi connectivity index (χ1n) is 6.95. The third-order valence-electron chi connectivity index (χ3n) is 3.04. The molecule has 0 saturated carbocycles. The maximum absolute atomic E-state index is 13.0. The summed E-state index contributed by atoms with van der Waals surface area (Å²) in [5, 5.41) is 3.51. The standard InChI is InChI=1S/C16H26FN/c1-12(2)9-15(11-18-10-13(3)4)14-5-7-16(17)8-6-14/h5-8,12-13,15,18H,9-11H2,1-4H3. The molecular weight excluding hydrogens is 225 g/mol. The molecule has 0 aromatic heterocycles. The van der Waals surface area contributed by atoms with Crippen molar-refractivity contribution in [2.75, 3.05) is 13.1 Å². The van der Waals surface area contributed by atoms with Crippen LogP contribution in [0, 0.1) is 17.7 Å². The van der Waals surface area contributed by atoms with E-state index in [-0.39, 0.29) is 5.82 Å².